The van der Waals surface area contributed by atoms with Gasteiger partial charge in [-0.05, 0) is 62.6 Å². The van der Waals surface area contributed by atoms with Crippen molar-refractivity contribution in [2.75, 3.05) is 12.3 Å². The summed E-state index contributed by atoms with van der Waals surface area (Å²) in [4.78, 5) is 24.9. The third kappa shape index (κ3) is 5.52. The van der Waals surface area contributed by atoms with Crippen LogP contribution < -0.4 is 0 Å². The lowest BCUT2D eigenvalue weighted by Crippen LogP contribution is -2.34. The molecular weight excluding hydrogens is 374 g/mol. The first-order valence-corrected chi connectivity index (χ1v) is 11.0. The number of amides is 1. The number of aryl methyl sites for hydroxylation is 1. The second-order valence-corrected chi connectivity index (χ2v) is 8.74. The summed E-state index contributed by atoms with van der Waals surface area (Å²) in [6.45, 7) is 0.381. The van der Waals surface area contributed by atoms with E-state index in [1.807, 2.05) is 17.0 Å². The molecule has 2 N–H and O–H groups in total. The van der Waals surface area contributed by atoms with Crippen LogP contribution in [0.25, 0.3) is 0 Å². The van der Waals surface area contributed by atoms with Crippen molar-refractivity contribution in [1.29, 1.82) is 0 Å². The van der Waals surface area contributed by atoms with E-state index in [1.165, 1.54) is 0 Å². The Balaban J connectivity index is 1.49. The summed E-state index contributed by atoms with van der Waals surface area (Å²) in [6.07, 6.45) is 7.30. The lowest BCUT2D eigenvalue weighted by molar-refractivity contribution is -0.127. The molecule has 0 bridgehead atoms. The predicted molar refractivity (Wildman–Crippen MR) is 110 cm³/mol. The van der Waals surface area contributed by atoms with Gasteiger partial charge in [0.2, 0.25) is 5.91 Å². The van der Waals surface area contributed by atoms with Crippen molar-refractivity contribution >= 4 is 23.6 Å². The zero-order valence-corrected chi connectivity index (χ0v) is 16.8. The maximum absolute atomic E-state index is 12.2. The number of aliphatic hydroxyl groups is 1. The smallest absolute Gasteiger partial charge is 0.335 e. The second kappa shape index (κ2) is 9.49. The number of aromatic carboxylic acids is 1. The Hall–Kier alpha value is -1.97. The molecule has 1 saturated heterocycles. The summed E-state index contributed by atoms with van der Waals surface area (Å²) in [5.41, 5.74) is 0.529. The fourth-order valence-corrected chi connectivity index (χ4v) is 4.98. The van der Waals surface area contributed by atoms with Crippen molar-refractivity contribution in [2.45, 2.75) is 62.3 Å². The SMILES string of the molecule is O=C(O)c1ccc(CCCC2SCC(=O)N2CC#CC2(O)CCCCC2)cc1. The number of carboxylic acids is 1. The van der Waals surface area contributed by atoms with Crippen LogP contribution in [-0.2, 0) is 11.2 Å². The minimum atomic E-state index is -0.915. The second-order valence-electron chi connectivity index (χ2n) is 7.58. The van der Waals surface area contributed by atoms with Gasteiger partial charge in [-0.15, -0.1) is 11.8 Å². The lowest BCUT2D eigenvalue weighted by Gasteiger charge is -2.27. The molecule has 1 aromatic rings. The summed E-state index contributed by atoms with van der Waals surface area (Å²) in [7, 11) is 0. The average molecular weight is 402 g/mol. The van der Waals surface area contributed by atoms with Gasteiger partial charge in [-0.25, -0.2) is 4.79 Å². The number of thioether (sulfide) groups is 1. The molecule has 1 aliphatic heterocycles. The van der Waals surface area contributed by atoms with Crippen molar-refractivity contribution in [2.24, 2.45) is 0 Å². The van der Waals surface area contributed by atoms with Crippen LogP contribution in [0.2, 0.25) is 0 Å². The Morgan fingerprint density at radius 2 is 1.93 bits per heavy atom. The van der Waals surface area contributed by atoms with Crippen LogP contribution >= 0.6 is 11.8 Å². The van der Waals surface area contributed by atoms with Crippen molar-refractivity contribution < 1.29 is 19.8 Å². The number of benzene rings is 1. The number of carboxylic acid groups (broad SMARTS) is 1. The van der Waals surface area contributed by atoms with Crippen LogP contribution in [0, 0.1) is 11.8 Å². The normalized spacial score (nSPS) is 21.2. The number of nitrogens with zero attached hydrogens (tertiary/aromatic N) is 1. The lowest BCUT2D eigenvalue weighted by atomic mass is 9.85. The average Bonchev–Trinajstić information content (AvgIpc) is 3.03. The van der Waals surface area contributed by atoms with Crippen molar-refractivity contribution in [1.82, 2.24) is 4.90 Å². The van der Waals surface area contributed by atoms with E-state index in [9.17, 15) is 14.7 Å². The summed E-state index contributed by atoms with van der Waals surface area (Å²) in [5, 5.41) is 19.6. The van der Waals surface area contributed by atoms with E-state index in [0.29, 0.717) is 17.9 Å². The number of hydrogen-bond donors (Lipinski definition) is 2. The molecule has 28 heavy (non-hydrogen) atoms. The first-order chi connectivity index (χ1) is 13.5. The highest BCUT2D eigenvalue weighted by Crippen LogP contribution is 2.29. The van der Waals surface area contributed by atoms with Crippen molar-refractivity contribution in [3.8, 4) is 11.8 Å². The summed E-state index contributed by atoms with van der Waals surface area (Å²) in [6, 6.07) is 6.96. The predicted octanol–water partition coefficient (Wildman–Crippen LogP) is 3.31. The van der Waals surface area contributed by atoms with Gasteiger partial charge in [-0.1, -0.05) is 30.4 Å². The number of rotatable bonds is 6. The van der Waals surface area contributed by atoms with Crippen LogP contribution in [0.15, 0.2) is 24.3 Å². The molecule has 150 valence electrons. The van der Waals surface area contributed by atoms with Gasteiger partial charge < -0.3 is 15.1 Å². The Morgan fingerprint density at radius 1 is 1.21 bits per heavy atom. The van der Waals surface area contributed by atoms with Crippen molar-refractivity contribution in [3.05, 3.63) is 35.4 Å². The quantitative estimate of drug-likeness (QED) is 0.715. The third-order valence-electron chi connectivity index (χ3n) is 5.44. The molecule has 3 rings (SSSR count). The van der Waals surface area contributed by atoms with Gasteiger partial charge >= 0.3 is 5.97 Å². The van der Waals surface area contributed by atoms with Gasteiger partial charge in [0, 0.05) is 0 Å². The van der Waals surface area contributed by atoms with Gasteiger partial charge in [-0.3, -0.25) is 4.79 Å². The minimum absolute atomic E-state index is 0.116. The third-order valence-corrected chi connectivity index (χ3v) is 6.72. The summed E-state index contributed by atoms with van der Waals surface area (Å²) in [5.74, 6) is 5.77. The molecule has 2 aliphatic rings. The van der Waals surface area contributed by atoms with Crippen molar-refractivity contribution in [3.63, 3.8) is 0 Å². The van der Waals surface area contributed by atoms with E-state index in [2.05, 4.69) is 11.8 Å². The van der Waals surface area contributed by atoms with Crippen LogP contribution in [0.5, 0.6) is 0 Å². The first-order valence-electron chi connectivity index (χ1n) is 9.93. The highest BCUT2D eigenvalue weighted by atomic mass is 32.2. The van der Waals surface area contributed by atoms with Gasteiger partial charge in [-0.2, -0.15) is 0 Å². The highest BCUT2D eigenvalue weighted by molar-refractivity contribution is 8.00. The fourth-order valence-electron chi connectivity index (χ4n) is 3.78. The molecule has 0 spiro atoms. The van der Waals surface area contributed by atoms with E-state index in [-0.39, 0.29) is 11.3 Å². The molecule has 6 heteroatoms. The van der Waals surface area contributed by atoms with E-state index < -0.39 is 11.6 Å². The molecule has 2 fully saturated rings. The first kappa shape index (κ1) is 20.8. The largest absolute Gasteiger partial charge is 0.478 e. The molecule has 1 amide bonds. The van der Waals surface area contributed by atoms with E-state index in [1.54, 1.807) is 23.9 Å². The zero-order chi connectivity index (χ0) is 20.0. The molecular formula is C22H27NO4S. The van der Waals surface area contributed by atoms with Crippen LogP contribution in [-0.4, -0.2) is 50.3 Å². The maximum Gasteiger partial charge on any atom is 0.335 e. The van der Waals surface area contributed by atoms with E-state index in [4.69, 9.17) is 5.11 Å². The maximum atomic E-state index is 12.2. The number of hydrogen-bond acceptors (Lipinski definition) is 4. The number of carbonyl (C=O) groups excluding carboxylic acids is 1. The zero-order valence-electron chi connectivity index (χ0n) is 16.0. The highest BCUT2D eigenvalue weighted by Gasteiger charge is 2.31. The Bertz CT molecular complexity index is 759. The molecule has 5 nitrogen and oxygen atoms in total. The van der Waals surface area contributed by atoms with Gasteiger partial charge in [0.05, 0.1) is 23.2 Å². The summed E-state index contributed by atoms with van der Waals surface area (Å²) < 4.78 is 0. The molecule has 0 aromatic heterocycles. The Kier molecular flexibility index (Phi) is 7.03. The standard InChI is InChI=1S/C22H27NO4S/c24-19-16-28-20(7-4-6-17-8-10-18(11-9-17)21(25)26)23(19)15-5-14-22(27)12-2-1-3-13-22/h8-11,20,27H,1-4,6-7,12-13,15-16H2,(H,25,26). The molecule has 1 aliphatic carbocycles. The molecule has 1 heterocycles. The molecule has 1 unspecified atom stereocenters. The topological polar surface area (TPSA) is 77.8 Å². The van der Waals surface area contributed by atoms with Gasteiger partial charge in [0.1, 0.15) is 5.60 Å². The minimum Gasteiger partial charge on any atom is -0.478 e. The Morgan fingerprint density at radius 3 is 2.61 bits per heavy atom. The Labute approximate surface area is 170 Å². The van der Waals surface area contributed by atoms with Crippen LogP contribution in [0.4, 0.5) is 0 Å². The van der Waals surface area contributed by atoms with E-state index in [0.717, 1.165) is 56.9 Å². The monoisotopic (exact) mass is 401 g/mol. The molecule has 1 atom stereocenters. The van der Waals surface area contributed by atoms with Gasteiger partial charge in [0.25, 0.3) is 0 Å². The molecule has 0 radical (unpaired) electrons. The van der Waals surface area contributed by atoms with Gasteiger partial charge in [0.15, 0.2) is 0 Å². The molecule has 1 aromatic carbocycles. The number of carbonyl (C=O) groups is 2. The fraction of sp³-hybridized carbons (Fsp3) is 0.545. The van der Waals surface area contributed by atoms with Crippen LogP contribution in [0.1, 0.15) is 60.9 Å². The van der Waals surface area contributed by atoms with E-state index >= 15 is 0 Å². The van der Waals surface area contributed by atoms with Crippen LogP contribution in [0.3, 0.4) is 0 Å². The molecule has 1 saturated carbocycles. The summed E-state index contributed by atoms with van der Waals surface area (Å²) >= 11 is 1.65.